The molecule has 2 heterocycles. The second kappa shape index (κ2) is 5.67. The molecule has 1 unspecified atom stereocenters. The Balaban J connectivity index is 2.32. The Morgan fingerprint density at radius 2 is 2.35 bits per heavy atom. The summed E-state index contributed by atoms with van der Waals surface area (Å²) < 4.78 is 7.03. The minimum Gasteiger partial charge on any atom is -0.392 e. The first kappa shape index (κ1) is 14.6. The van der Waals surface area contributed by atoms with E-state index in [0.717, 1.165) is 0 Å². The summed E-state index contributed by atoms with van der Waals surface area (Å²) in [5.41, 5.74) is 5.40. The van der Waals surface area contributed by atoms with Crippen molar-refractivity contribution in [3.8, 4) is 12.3 Å². The van der Waals surface area contributed by atoms with E-state index >= 15 is 0 Å². The Morgan fingerprint density at radius 3 is 2.95 bits per heavy atom. The molecule has 0 fully saturated rings. The van der Waals surface area contributed by atoms with Crippen molar-refractivity contribution in [2.75, 3.05) is 19.5 Å². The average Bonchev–Trinajstić information content (AvgIpc) is 2.79. The van der Waals surface area contributed by atoms with Gasteiger partial charge in [0.05, 0.1) is 17.0 Å². The third-order valence-electron chi connectivity index (χ3n) is 3.30. The van der Waals surface area contributed by atoms with Crippen LogP contribution in [0.1, 0.15) is 6.42 Å². The van der Waals surface area contributed by atoms with Crippen LogP contribution in [0, 0.1) is 12.3 Å². The summed E-state index contributed by atoms with van der Waals surface area (Å²) in [5, 5.41) is 10.5. The van der Waals surface area contributed by atoms with Gasteiger partial charge in [-0.25, -0.2) is 9.97 Å². The molecule has 7 heteroatoms. The molecule has 0 bridgehead atoms. The number of hydrogen-bond donors (Lipinski definition) is 2. The SMILES string of the molecule is C#CC(CO)(CCn1cc(Cl)c2c(N)ncnc21)OC. The number of halogens is 1. The van der Waals surface area contributed by atoms with Crippen LogP contribution in [0.5, 0.6) is 0 Å². The first-order valence-electron chi connectivity index (χ1n) is 5.95. The Labute approximate surface area is 121 Å². The van der Waals surface area contributed by atoms with E-state index in [4.69, 9.17) is 28.5 Å². The molecule has 20 heavy (non-hydrogen) atoms. The number of aryl methyl sites for hydroxylation is 1. The van der Waals surface area contributed by atoms with Gasteiger partial charge in [-0.3, -0.25) is 0 Å². The van der Waals surface area contributed by atoms with Gasteiger partial charge in [0.1, 0.15) is 17.8 Å². The zero-order chi connectivity index (χ0) is 14.8. The lowest BCUT2D eigenvalue weighted by Crippen LogP contribution is -2.35. The van der Waals surface area contributed by atoms with Crippen LogP contribution in [0.3, 0.4) is 0 Å². The summed E-state index contributed by atoms with van der Waals surface area (Å²) in [4.78, 5) is 8.08. The normalized spacial score (nSPS) is 14.1. The summed E-state index contributed by atoms with van der Waals surface area (Å²) in [6, 6.07) is 0. The van der Waals surface area contributed by atoms with Crippen molar-refractivity contribution in [1.29, 1.82) is 0 Å². The minimum atomic E-state index is -1.01. The highest BCUT2D eigenvalue weighted by molar-refractivity contribution is 6.36. The fraction of sp³-hybridized carbons (Fsp3) is 0.385. The molecule has 1 atom stereocenters. The van der Waals surface area contributed by atoms with Crippen molar-refractivity contribution in [1.82, 2.24) is 14.5 Å². The van der Waals surface area contributed by atoms with Crippen molar-refractivity contribution in [3.63, 3.8) is 0 Å². The Bertz CT molecular complexity index is 658. The van der Waals surface area contributed by atoms with Gasteiger partial charge >= 0.3 is 0 Å². The van der Waals surface area contributed by atoms with Crippen LogP contribution in [0.25, 0.3) is 11.0 Å². The first-order valence-corrected chi connectivity index (χ1v) is 6.33. The molecular formula is C13H15ClN4O2. The molecule has 3 N–H and O–H groups in total. The van der Waals surface area contributed by atoms with Crippen molar-refractivity contribution >= 4 is 28.5 Å². The van der Waals surface area contributed by atoms with Gasteiger partial charge in [-0.1, -0.05) is 17.5 Å². The van der Waals surface area contributed by atoms with E-state index in [1.165, 1.54) is 13.4 Å². The number of rotatable bonds is 5. The molecule has 6 nitrogen and oxygen atoms in total. The number of methoxy groups -OCH3 is 1. The molecule has 0 aromatic carbocycles. The smallest absolute Gasteiger partial charge is 0.152 e. The molecule has 0 radical (unpaired) electrons. The summed E-state index contributed by atoms with van der Waals surface area (Å²) in [6.07, 6.45) is 8.93. The van der Waals surface area contributed by atoms with Crippen LogP contribution in [-0.2, 0) is 11.3 Å². The molecule has 0 saturated carbocycles. The first-order chi connectivity index (χ1) is 9.56. The lowest BCUT2D eigenvalue weighted by Gasteiger charge is -2.24. The highest BCUT2D eigenvalue weighted by Gasteiger charge is 2.26. The number of ether oxygens (including phenoxy) is 1. The molecule has 0 amide bonds. The van der Waals surface area contributed by atoms with Crippen molar-refractivity contribution in [3.05, 3.63) is 17.5 Å². The molecule has 0 aliphatic heterocycles. The number of aliphatic hydroxyl groups is 1. The maximum absolute atomic E-state index is 9.37. The predicted molar refractivity (Wildman–Crippen MR) is 77.2 cm³/mol. The number of nitrogens with zero attached hydrogens (tertiary/aromatic N) is 3. The largest absolute Gasteiger partial charge is 0.392 e. The number of hydrogen-bond acceptors (Lipinski definition) is 5. The topological polar surface area (TPSA) is 86.2 Å². The Kier molecular flexibility index (Phi) is 4.14. The van der Waals surface area contributed by atoms with E-state index < -0.39 is 5.60 Å². The zero-order valence-electron chi connectivity index (χ0n) is 11.0. The van der Waals surface area contributed by atoms with E-state index in [1.807, 2.05) is 4.57 Å². The highest BCUT2D eigenvalue weighted by Crippen LogP contribution is 2.28. The Hall–Kier alpha value is -1.81. The van der Waals surface area contributed by atoms with E-state index in [0.29, 0.717) is 34.8 Å². The van der Waals surface area contributed by atoms with Crippen molar-refractivity contribution in [2.45, 2.75) is 18.6 Å². The second-order valence-corrected chi connectivity index (χ2v) is 4.79. The quantitative estimate of drug-likeness (QED) is 0.806. The summed E-state index contributed by atoms with van der Waals surface area (Å²) >= 11 is 6.13. The number of aliphatic hydroxyl groups excluding tert-OH is 1. The van der Waals surface area contributed by atoms with Gasteiger partial charge < -0.3 is 20.1 Å². The molecule has 0 spiro atoms. The number of aromatic nitrogens is 3. The molecular weight excluding hydrogens is 280 g/mol. The lowest BCUT2D eigenvalue weighted by molar-refractivity contribution is -0.0147. The van der Waals surface area contributed by atoms with Gasteiger partial charge in [-0.15, -0.1) is 6.42 Å². The minimum absolute atomic E-state index is 0.260. The number of nitrogen functional groups attached to an aromatic ring is 1. The van der Waals surface area contributed by atoms with E-state index in [-0.39, 0.29) is 6.61 Å². The molecule has 2 aromatic heterocycles. The number of fused-ring (bicyclic) bond motifs is 1. The van der Waals surface area contributed by atoms with Crippen LogP contribution in [0.2, 0.25) is 5.02 Å². The summed E-state index contributed by atoms with van der Waals surface area (Å²) in [7, 11) is 1.47. The number of nitrogens with two attached hydrogens (primary N) is 1. The molecule has 106 valence electrons. The van der Waals surface area contributed by atoms with Gasteiger partial charge in [0.25, 0.3) is 0 Å². The van der Waals surface area contributed by atoms with Gasteiger partial charge in [-0.2, -0.15) is 0 Å². The number of anilines is 1. The maximum Gasteiger partial charge on any atom is 0.152 e. The standard InChI is InChI=1S/C13H15ClN4O2/c1-3-13(7-19,20-2)4-5-18-6-9(14)10-11(15)16-8-17-12(10)18/h1,6,8,19H,4-5,7H2,2H3,(H2,15,16,17). The monoisotopic (exact) mass is 294 g/mol. The van der Waals surface area contributed by atoms with Gasteiger partial charge in [0.15, 0.2) is 5.60 Å². The summed E-state index contributed by atoms with van der Waals surface area (Å²) in [5.74, 6) is 2.80. The highest BCUT2D eigenvalue weighted by atomic mass is 35.5. The fourth-order valence-electron chi connectivity index (χ4n) is 1.99. The van der Waals surface area contributed by atoms with E-state index in [2.05, 4.69) is 15.9 Å². The van der Waals surface area contributed by atoms with Crippen molar-refractivity contribution < 1.29 is 9.84 Å². The lowest BCUT2D eigenvalue weighted by atomic mass is 10.0. The van der Waals surface area contributed by atoms with E-state index in [1.54, 1.807) is 6.20 Å². The third-order valence-corrected chi connectivity index (χ3v) is 3.59. The van der Waals surface area contributed by atoms with E-state index in [9.17, 15) is 5.11 Å². The van der Waals surface area contributed by atoms with Crippen LogP contribution >= 0.6 is 11.6 Å². The number of terminal acetylenes is 1. The van der Waals surface area contributed by atoms with Crippen LogP contribution in [0.15, 0.2) is 12.5 Å². The van der Waals surface area contributed by atoms with Gasteiger partial charge in [-0.05, 0) is 0 Å². The maximum atomic E-state index is 9.37. The zero-order valence-corrected chi connectivity index (χ0v) is 11.8. The average molecular weight is 295 g/mol. The fourth-order valence-corrected chi connectivity index (χ4v) is 2.29. The van der Waals surface area contributed by atoms with Gasteiger partial charge in [0.2, 0.25) is 0 Å². The van der Waals surface area contributed by atoms with Crippen molar-refractivity contribution in [2.24, 2.45) is 0 Å². The molecule has 0 saturated heterocycles. The molecule has 0 aliphatic carbocycles. The van der Waals surface area contributed by atoms with Crippen LogP contribution < -0.4 is 5.73 Å². The van der Waals surface area contributed by atoms with Gasteiger partial charge in [0, 0.05) is 26.3 Å². The molecule has 2 aromatic rings. The molecule has 0 aliphatic rings. The Morgan fingerprint density at radius 1 is 1.60 bits per heavy atom. The second-order valence-electron chi connectivity index (χ2n) is 4.38. The van der Waals surface area contributed by atoms with Crippen LogP contribution in [0.4, 0.5) is 5.82 Å². The predicted octanol–water partition coefficient (Wildman–Crippen LogP) is 1.07. The molecule has 2 rings (SSSR count). The summed E-state index contributed by atoms with van der Waals surface area (Å²) in [6.45, 7) is 0.225. The third kappa shape index (κ3) is 2.43. The van der Waals surface area contributed by atoms with Crippen LogP contribution in [-0.4, -0.2) is 39.0 Å².